The number of rotatable bonds is 4. The van der Waals surface area contributed by atoms with Gasteiger partial charge in [-0.25, -0.2) is 10.8 Å². The number of hydrazine groups is 1. The Kier molecular flexibility index (Phi) is 3.91. The normalized spacial score (nSPS) is 10.7. The Bertz CT molecular complexity index is 559. The van der Waals surface area contributed by atoms with E-state index >= 15 is 0 Å². The predicted octanol–water partition coefficient (Wildman–Crippen LogP) is 1.05. The second-order valence-electron chi connectivity index (χ2n) is 4.58. The molecule has 0 bridgehead atoms. The Labute approximate surface area is 111 Å². The monoisotopic (exact) mass is 259 g/mol. The Morgan fingerprint density at radius 2 is 2.21 bits per heavy atom. The van der Waals surface area contributed by atoms with Gasteiger partial charge in [0.1, 0.15) is 5.82 Å². The molecule has 2 aromatic rings. The molecule has 100 valence electrons. The van der Waals surface area contributed by atoms with Crippen LogP contribution in [0.15, 0.2) is 30.7 Å². The van der Waals surface area contributed by atoms with Gasteiger partial charge in [-0.2, -0.15) is 0 Å². The molecule has 0 saturated heterocycles. The molecule has 0 radical (unpaired) electrons. The lowest BCUT2D eigenvalue weighted by Gasteiger charge is -2.10. The number of nitrogen functional groups attached to an aromatic ring is 1. The maximum Gasteiger partial charge on any atom is 0.266 e. The molecule has 0 atom stereocenters. The van der Waals surface area contributed by atoms with Gasteiger partial charge < -0.3 is 4.57 Å². The largest absolute Gasteiger partial charge is 0.329 e. The predicted molar refractivity (Wildman–Crippen MR) is 71.3 cm³/mol. The van der Waals surface area contributed by atoms with Gasteiger partial charge in [-0.05, 0) is 12.1 Å². The molecule has 0 fully saturated rings. The lowest BCUT2D eigenvalue weighted by atomic mass is 10.2. The highest BCUT2D eigenvalue weighted by molar-refractivity contribution is 5.93. The van der Waals surface area contributed by atoms with Crippen LogP contribution in [-0.2, 0) is 6.54 Å². The third-order valence-electron chi connectivity index (χ3n) is 2.81. The molecule has 2 heterocycles. The summed E-state index contributed by atoms with van der Waals surface area (Å²) in [6.07, 6.45) is 5.23. The molecular weight excluding hydrogens is 242 g/mol. The van der Waals surface area contributed by atoms with Gasteiger partial charge in [0.2, 0.25) is 0 Å². The van der Waals surface area contributed by atoms with Gasteiger partial charge in [-0.15, -0.1) is 0 Å². The summed E-state index contributed by atoms with van der Waals surface area (Å²) in [5, 5.41) is 0. The van der Waals surface area contributed by atoms with Gasteiger partial charge in [0, 0.05) is 24.5 Å². The smallest absolute Gasteiger partial charge is 0.266 e. The van der Waals surface area contributed by atoms with E-state index in [-0.39, 0.29) is 5.91 Å². The Morgan fingerprint density at radius 3 is 2.79 bits per heavy atom. The lowest BCUT2D eigenvalue weighted by molar-refractivity contribution is 0.0953. The molecule has 19 heavy (non-hydrogen) atoms. The van der Waals surface area contributed by atoms with E-state index in [1.807, 2.05) is 12.3 Å². The first-order valence-corrected chi connectivity index (χ1v) is 6.08. The lowest BCUT2D eigenvalue weighted by Crippen LogP contribution is -2.30. The number of nitrogens with two attached hydrogens (primary N) is 1. The number of amides is 1. The molecule has 2 rings (SSSR count). The van der Waals surface area contributed by atoms with Crippen molar-refractivity contribution in [1.29, 1.82) is 0 Å². The fourth-order valence-electron chi connectivity index (χ4n) is 1.87. The number of nitrogens with zero attached hydrogens (tertiary/aromatic N) is 3. The zero-order chi connectivity index (χ0) is 13.8. The highest BCUT2D eigenvalue weighted by Gasteiger charge is 2.09. The fraction of sp³-hybridized carbons (Fsp3) is 0.308. The van der Waals surface area contributed by atoms with Gasteiger partial charge in [0.05, 0.1) is 17.8 Å². The Morgan fingerprint density at radius 1 is 1.42 bits per heavy atom. The molecule has 3 N–H and O–H groups in total. The van der Waals surface area contributed by atoms with Gasteiger partial charge in [0.15, 0.2) is 0 Å². The molecule has 0 unspecified atom stereocenters. The Balaban J connectivity index is 2.15. The summed E-state index contributed by atoms with van der Waals surface area (Å²) in [4.78, 5) is 19.9. The van der Waals surface area contributed by atoms with E-state index < -0.39 is 0 Å². The number of carbonyl (C=O) groups excluding carboxylic acids is 1. The molecule has 0 spiro atoms. The molecule has 0 aromatic carbocycles. The highest BCUT2D eigenvalue weighted by atomic mass is 16.2. The van der Waals surface area contributed by atoms with Gasteiger partial charge in [-0.3, -0.25) is 15.2 Å². The molecule has 0 aliphatic rings. The van der Waals surface area contributed by atoms with Crippen LogP contribution in [-0.4, -0.2) is 20.4 Å². The van der Waals surface area contributed by atoms with E-state index in [4.69, 9.17) is 5.84 Å². The van der Waals surface area contributed by atoms with Gasteiger partial charge in [-0.1, -0.05) is 13.8 Å². The van der Waals surface area contributed by atoms with Crippen LogP contribution in [0, 0.1) is 0 Å². The summed E-state index contributed by atoms with van der Waals surface area (Å²) in [6.45, 7) is 4.83. The van der Waals surface area contributed by atoms with Crippen molar-refractivity contribution in [2.24, 2.45) is 5.84 Å². The summed E-state index contributed by atoms with van der Waals surface area (Å²) >= 11 is 0. The van der Waals surface area contributed by atoms with Crippen LogP contribution in [0.3, 0.4) is 0 Å². The van der Waals surface area contributed by atoms with Crippen LogP contribution in [0.4, 0.5) is 0 Å². The van der Waals surface area contributed by atoms with Gasteiger partial charge >= 0.3 is 0 Å². The quantitative estimate of drug-likeness (QED) is 0.488. The third kappa shape index (κ3) is 2.97. The van der Waals surface area contributed by atoms with Crippen molar-refractivity contribution < 1.29 is 4.79 Å². The number of nitrogens with one attached hydrogen (secondary N) is 1. The molecule has 0 saturated carbocycles. The summed E-state index contributed by atoms with van der Waals surface area (Å²) in [5.41, 5.74) is 3.39. The molecule has 1 amide bonds. The van der Waals surface area contributed by atoms with Crippen molar-refractivity contribution in [3.8, 4) is 0 Å². The van der Waals surface area contributed by atoms with E-state index in [9.17, 15) is 4.79 Å². The van der Waals surface area contributed by atoms with Crippen LogP contribution >= 0.6 is 0 Å². The van der Waals surface area contributed by atoms with E-state index in [1.165, 1.54) is 6.20 Å². The van der Waals surface area contributed by atoms with Crippen LogP contribution in [0.1, 0.15) is 41.6 Å². The van der Waals surface area contributed by atoms with Crippen molar-refractivity contribution in [2.75, 3.05) is 0 Å². The average molecular weight is 259 g/mol. The number of carbonyl (C=O) groups is 1. The zero-order valence-corrected chi connectivity index (χ0v) is 11.0. The second-order valence-corrected chi connectivity index (χ2v) is 4.58. The summed E-state index contributed by atoms with van der Waals surface area (Å²) < 4.78 is 2.05. The standard InChI is InChI=1S/C13H17N5O/c1-9(2)12-15-5-6-18(12)8-11-4-3-10(7-16-11)13(19)17-14/h3-7,9H,8,14H2,1-2H3,(H,17,19). The minimum atomic E-state index is -0.343. The van der Waals surface area contributed by atoms with Crippen LogP contribution in [0.25, 0.3) is 0 Å². The molecule has 0 aliphatic carbocycles. The molecule has 2 aromatic heterocycles. The van der Waals surface area contributed by atoms with E-state index in [0.717, 1.165) is 11.5 Å². The zero-order valence-electron chi connectivity index (χ0n) is 11.0. The van der Waals surface area contributed by atoms with Gasteiger partial charge in [0.25, 0.3) is 5.91 Å². The van der Waals surface area contributed by atoms with Crippen molar-refractivity contribution in [3.63, 3.8) is 0 Å². The molecule has 6 heteroatoms. The molecular formula is C13H17N5O. The van der Waals surface area contributed by atoms with Crippen LogP contribution in [0.2, 0.25) is 0 Å². The van der Waals surface area contributed by atoms with Crippen molar-refractivity contribution >= 4 is 5.91 Å². The minimum Gasteiger partial charge on any atom is -0.329 e. The summed E-state index contributed by atoms with van der Waals surface area (Å²) in [5.74, 6) is 6.10. The number of hydrogen-bond donors (Lipinski definition) is 2. The number of pyridine rings is 1. The SMILES string of the molecule is CC(C)c1nccn1Cc1ccc(C(=O)NN)cn1. The average Bonchev–Trinajstić information content (AvgIpc) is 2.87. The maximum atomic E-state index is 11.3. The van der Waals surface area contributed by atoms with Crippen LogP contribution in [0.5, 0.6) is 0 Å². The van der Waals surface area contributed by atoms with E-state index in [1.54, 1.807) is 12.3 Å². The fourth-order valence-corrected chi connectivity index (χ4v) is 1.87. The third-order valence-corrected chi connectivity index (χ3v) is 2.81. The Hall–Kier alpha value is -2.21. The summed E-state index contributed by atoms with van der Waals surface area (Å²) in [7, 11) is 0. The topological polar surface area (TPSA) is 85.8 Å². The molecule has 0 aliphatic heterocycles. The maximum absolute atomic E-state index is 11.3. The number of imidazole rings is 1. The summed E-state index contributed by atoms with van der Waals surface area (Å²) in [6, 6.07) is 3.52. The number of aromatic nitrogens is 3. The van der Waals surface area contributed by atoms with E-state index in [0.29, 0.717) is 18.0 Å². The number of hydrogen-bond acceptors (Lipinski definition) is 4. The highest BCUT2D eigenvalue weighted by Crippen LogP contribution is 2.13. The van der Waals surface area contributed by atoms with Crippen molar-refractivity contribution in [2.45, 2.75) is 26.3 Å². The first kappa shape index (κ1) is 13.2. The van der Waals surface area contributed by atoms with Crippen LogP contribution < -0.4 is 11.3 Å². The first-order chi connectivity index (χ1) is 9.11. The van der Waals surface area contributed by atoms with E-state index in [2.05, 4.69) is 33.8 Å². The second kappa shape index (κ2) is 5.62. The van der Waals surface area contributed by atoms with Crippen molar-refractivity contribution in [3.05, 3.63) is 47.8 Å². The molecule has 6 nitrogen and oxygen atoms in total. The van der Waals surface area contributed by atoms with Crippen molar-refractivity contribution in [1.82, 2.24) is 20.0 Å². The minimum absolute atomic E-state index is 0.343. The first-order valence-electron chi connectivity index (χ1n) is 6.08.